The molecular formula is C16H24Cl2O3S. The van der Waals surface area contributed by atoms with Crippen molar-refractivity contribution in [3.63, 3.8) is 0 Å². The van der Waals surface area contributed by atoms with Crippen LogP contribution in [0.3, 0.4) is 0 Å². The Morgan fingerprint density at radius 1 is 0.909 bits per heavy atom. The maximum atomic E-state index is 11.1. The first-order chi connectivity index (χ1) is 10.4. The molecule has 0 atom stereocenters. The van der Waals surface area contributed by atoms with Crippen LogP contribution in [0.2, 0.25) is 10.0 Å². The second-order valence-electron chi connectivity index (χ2n) is 5.57. The summed E-state index contributed by atoms with van der Waals surface area (Å²) in [5, 5.41) is 0.589. The third-order valence-electron chi connectivity index (χ3n) is 3.69. The summed E-state index contributed by atoms with van der Waals surface area (Å²) in [6.07, 6.45) is 10.4. The number of unbranched alkanes of at least 4 members (excludes halogenated alkanes) is 7. The Kier molecular flexibility index (Phi) is 8.77. The molecule has 0 heterocycles. The summed E-state index contributed by atoms with van der Waals surface area (Å²) >= 11 is 12.2. The molecule has 1 aromatic rings. The van der Waals surface area contributed by atoms with Crippen molar-refractivity contribution < 1.29 is 13.0 Å². The van der Waals surface area contributed by atoms with E-state index in [0.29, 0.717) is 10.0 Å². The normalized spacial score (nSPS) is 11.8. The zero-order valence-corrected chi connectivity index (χ0v) is 15.3. The summed E-state index contributed by atoms with van der Waals surface area (Å²) in [4.78, 5) is -0.262. The van der Waals surface area contributed by atoms with Crippen molar-refractivity contribution in [1.29, 1.82) is 0 Å². The van der Waals surface area contributed by atoms with Crippen molar-refractivity contribution in [2.45, 2.75) is 69.6 Å². The smallest absolute Gasteiger partial charge is 0.282 e. The van der Waals surface area contributed by atoms with Crippen molar-refractivity contribution in [2.24, 2.45) is 0 Å². The quantitative estimate of drug-likeness (QED) is 0.412. The average Bonchev–Trinajstić information content (AvgIpc) is 2.43. The number of hydrogen-bond acceptors (Lipinski definition) is 2. The van der Waals surface area contributed by atoms with E-state index in [9.17, 15) is 8.42 Å². The lowest BCUT2D eigenvalue weighted by Gasteiger charge is -2.09. The molecule has 0 saturated carbocycles. The highest BCUT2D eigenvalue weighted by Crippen LogP contribution is 2.30. The molecule has 0 fully saturated rings. The van der Waals surface area contributed by atoms with Crippen molar-refractivity contribution in [2.75, 3.05) is 0 Å². The summed E-state index contributed by atoms with van der Waals surface area (Å²) in [7, 11) is -4.27. The van der Waals surface area contributed by atoms with E-state index in [1.807, 2.05) is 0 Å². The molecule has 0 unspecified atom stereocenters. The summed E-state index contributed by atoms with van der Waals surface area (Å²) in [6, 6.07) is 2.51. The van der Waals surface area contributed by atoms with Gasteiger partial charge in [0.1, 0.15) is 0 Å². The van der Waals surface area contributed by atoms with Crippen LogP contribution in [0.4, 0.5) is 0 Å². The zero-order chi connectivity index (χ0) is 16.6. The molecule has 1 aromatic carbocycles. The third-order valence-corrected chi connectivity index (χ3v) is 5.20. The van der Waals surface area contributed by atoms with E-state index < -0.39 is 10.1 Å². The van der Waals surface area contributed by atoms with Crippen LogP contribution in [0.25, 0.3) is 0 Å². The van der Waals surface area contributed by atoms with Gasteiger partial charge < -0.3 is 0 Å². The van der Waals surface area contributed by atoms with E-state index in [-0.39, 0.29) is 4.90 Å². The fraction of sp³-hybridized carbons (Fsp3) is 0.625. The van der Waals surface area contributed by atoms with Gasteiger partial charge in [0, 0.05) is 10.0 Å². The minimum absolute atomic E-state index is 0.262. The molecule has 0 aliphatic heterocycles. The summed E-state index contributed by atoms with van der Waals surface area (Å²) < 4.78 is 31.2. The first kappa shape index (κ1) is 19.8. The molecule has 6 heteroatoms. The molecule has 0 bridgehead atoms. The Morgan fingerprint density at radius 3 is 1.82 bits per heavy atom. The highest BCUT2D eigenvalue weighted by Gasteiger charge is 2.15. The fourth-order valence-electron chi connectivity index (χ4n) is 2.40. The van der Waals surface area contributed by atoms with Gasteiger partial charge in [-0.05, 0) is 30.5 Å². The van der Waals surface area contributed by atoms with Crippen LogP contribution in [0.15, 0.2) is 17.0 Å². The van der Waals surface area contributed by atoms with Crippen molar-refractivity contribution in [3.05, 3.63) is 27.7 Å². The van der Waals surface area contributed by atoms with Gasteiger partial charge in [-0.25, -0.2) is 0 Å². The molecular weight excluding hydrogens is 343 g/mol. The molecule has 0 aliphatic carbocycles. The molecule has 0 amide bonds. The number of benzene rings is 1. The van der Waals surface area contributed by atoms with E-state index >= 15 is 0 Å². The molecule has 0 spiro atoms. The topological polar surface area (TPSA) is 54.4 Å². The van der Waals surface area contributed by atoms with Crippen LogP contribution in [0.5, 0.6) is 0 Å². The van der Waals surface area contributed by atoms with Gasteiger partial charge in [0.2, 0.25) is 0 Å². The van der Waals surface area contributed by atoms with E-state index in [1.54, 1.807) is 0 Å². The summed E-state index contributed by atoms with van der Waals surface area (Å²) in [6.45, 7) is 2.21. The van der Waals surface area contributed by atoms with Crippen LogP contribution >= 0.6 is 23.2 Å². The van der Waals surface area contributed by atoms with E-state index in [1.165, 1.54) is 50.7 Å². The van der Waals surface area contributed by atoms with Gasteiger partial charge in [-0.2, -0.15) is 8.42 Å². The van der Waals surface area contributed by atoms with Crippen LogP contribution in [0.1, 0.15) is 63.9 Å². The second-order valence-corrected chi connectivity index (χ2v) is 7.80. The molecule has 126 valence electrons. The van der Waals surface area contributed by atoms with Gasteiger partial charge in [-0.3, -0.25) is 4.55 Å². The van der Waals surface area contributed by atoms with Gasteiger partial charge in [0.05, 0.1) is 4.90 Å². The predicted octanol–water partition coefficient (Wildman–Crippen LogP) is 5.92. The van der Waals surface area contributed by atoms with Crippen LogP contribution in [0, 0.1) is 0 Å². The number of rotatable bonds is 10. The Labute approximate surface area is 143 Å². The highest BCUT2D eigenvalue weighted by molar-refractivity contribution is 7.85. The fourth-order valence-corrected chi connectivity index (χ4v) is 3.74. The average molecular weight is 367 g/mol. The maximum absolute atomic E-state index is 11.1. The molecule has 1 N–H and O–H groups in total. The number of halogens is 2. The Hall–Kier alpha value is -0.290. The zero-order valence-electron chi connectivity index (χ0n) is 12.9. The molecule has 3 nitrogen and oxygen atoms in total. The summed E-state index contributed by atoms with van der Waals surface area (Å²) in [5.41, 5.74) is 0.752. The lowest BCUT2D eigenvalue weighted by molar-refractivity contribution is 0.483. The van der Waals surface area contributed by atoms with Gasteiger partial charge >= 0.3 is 0 Å². The molecule has 22 heavy (non-hydrogen) atoms. The molecule has 0 aliphatic rings. The van der Waals surface area contributed by atoms with Crippen LogP contribution < -0.4 is 0 Å². The van der Waals surface area contributed by atoms with E-state index in [2.05, 4.69) is 6.92 Å². The minimum Gasteiger partial charge on any atom is -0.282 e. The molecule has 1 rings (SSSR count). The van der Waals surface area contributed by atoms with Crippen LogP contribution in [-0.2, 0) is 16.5 Å². The van der Waals surface area contributed by atoms with Crippen molar-refractivity contribution in [3.8, 4) is 0 Å². The Balaban J connectivity index is 2.44. The Morgan fingerprint density at radius 2 is 1.36 bits per heavy atom. The number of hydrogen-bond donors (Lipinski definition) is 1. The van der Waals surface area contributed by atoms with Crippen molar-refractivity contribution >= 4 is 33.3 Å². The van der Waals surface area contributed by atoms with Crippen LogP contribution in [-0.4, -0.2) is 13.0 Å². The lowest BCUT2D eigenvalue weighted by Crippen LogP contribution is -2.00. The van der Waals surface area contributed by atoms with E-state index in [4.69, 9.17) is 27.8 Å². The minimum atomic E-state index is -4.27. The first-order valence-corrected chi connectivity index (χ1v) is 10.0. The lowest BCUT2D eigenvalue weighted by atomic mass is 10.0. The van der Waals surface area contributed by atoms with Crippen molar-refractivity contribution in [1.82, 2.24) is 0 Å². The molecule has 0 aromatic heterocycles. The Bertz CT molecular complexity index is 548. The second kappa shape index (κ2) is 9.76. The molecule has 0 radical (unpaired) electrons. The largest absolute Gasteiger partial charge is 0.294 e. The predicted molar refractivity (Wildman–Crippen MR) is 92.6 cm³/mol. The highest BCUT2D eigenvalue weighted by atomic mass is 35.5. The SMILES string of the molecule is CCCCCCCCCCc1c(Cl)cc(S(=O)(=O)O)cc1Cl. The standard InChI is InChI=1S/C16H24Cl2O3S/c1-2-3-4-5-6-7-8-9-10-14-15(17)11-13(12-16(14)18)22(19,20)21/h11-12H,2-10H2,1H3,(H,19,20,21). The van der Waals surface area contributed by atoms with Gasteiger partial charge in [0.25, 0.3) is 10.1 Å². The van der Waals surface area contributed by atoms with Gasteiger partial charge in [-0.15, -0.1) is 0 Å². The van der Waals surface area contributed by atoms with E-state index in [0.717, 1.165) is 24.8 Å². The third kappa shape index (κ3) is 6.86. The maximum Gasteiger partial charge on any atom is 0.294 e. The van der Waals surface area contributed by atoms with Gasteiger partial charge in [0.15, 0.2) is 0 Å². The first-order valence-electron chi connectivity index (χ1n) is 7.81. The molecule has 0 saturated heterocycles. The monoisotopic (exact) mass is 366 g/mol. The summed E-state index contributed by atoms with van der Waals surface area (Å²) in [5.74, 6) is 0. The van der Waals surface area contributed by atoms with Gasteiger partial charge in [-0.1, -0.05) is 75.1 Å².